The van der Waals surface area contributed by atoms with Gasteiger partial charge in [-0.1, -0.05) is 0 Å². The molecule has 1 aliphatic carbocycles. The van der Waals surface area contributed by atoms with Gasteiger partial charge in [0.25, 0.3) is 0 Å². The zero-order chi connectivity index (χ0) is 13.0. The van der Waals surface area contributed by atoms with Crippen LogP contribution in [0.1, 0.15) is 44.9 Å². The van der Waals surface area contributed by atoms with Crippen molar-refractivity contribution >= 4 is 5.78 Å². The van der Waals surface area contributed by atoms with Gasteiger partial charge in [0.15, 0.2) is 5.78 Å². The molecule has 4 heteroatoms. The van der Waals surface area contributed by atoms with E-state index in [0.717, 1.165) is 45.1 Å². The van der Waals surface area contributed by atoms with E-state index in [1.54, 1.807) is 7.11 Å². The van der Waals surface area contributed by atoms with Gasteiger partial charge < -0.3 is 15.2 Å². The summed E-state index contributed by atoms with van der Waals surface area (Å²) in [6.45, 7) is 1.40. The van der Waals surface area contributed by atoms with Gasteiger partial charge >= 0.3 is 0 Å². The van der Waals surface area contributed by atoms with Crippen molar-refractivity contribution in [3.05, 3.63) is 0 Å². The Morgan fingerprint density at radius 3 is 2.94 bits per heavy atom. The van der Waals surface area contributed by atoms with E-state index >= 15 is 0 Å². The summed E-state index contributed by atoms with van der Waals surface area (Å²) in [6, 6.07) is -0.319. The highest BCUT2D eigenvalue weighted by Crippen LogP contribution is 2.44. The monoisotopic (exact) mass is 255 g/mol. The van der Waals surface area contributed by atoms with Gasteiger partial charge in [-0.15, -0.1) is 0 Å². The molecule has 2 aliphatic rings. The first-order chi connectivity index (χ1) is 8.67. The summed E-state index contributed by atoms with van der Waals surface area (Å²) in [6.07, 6.45) is 6.81. The standard InChI is InChI=1S/C14H25NO3/c1-17-8-2-4-12(15)13(16)11-5-9-18-14(10-11)6-3-7-14/h11-12H,2-10,15H2,1H3. The summed E-state index contributed by atoms with van der Waals surface area (Å²) >= 11 is 0. The van der Waals surface area contributed by atoms with Crippen molar-refractivity contribution in [2.24, 2.45) is 11.7 Å². The third-order valence-corrected chi connectivity index (χ3v) is 4.39. The lowest BCUT2D eigenvalue weighted by Crippen LogP contribution is -2.49. The van der Waals surface area contributed by atoms with Gasteiger partial charge in [-0.25, -0.2) is 0 Å². The molecule has 1 aliphatic heterocycles. The van der Waals surface area contributed by atoms with Gasteiger partial charge in [0.1, 0.15) is 0 Å². The number of ketones is 1. The number of carbonyl (C=O) groups excluding carboxylic acids is 1. The van der Waals surface area contributed by atoms with Crippen molar-refractivity contribution < 1.29 is 14.3 Å². The molecule has 1 spiro atoms. The highest BCUT2D eigenvalue weighted by atomic mass is 16.5. The molecule has 2 atom stereocenters. The van der Waals surface area contributed by atoms with E-state index in [4.69, 9.17) is 15.2 Å². The molecule has 0 aromatic rings. The van der Waals surface area contributed by atoms with Crippen molar-refractivity contribution in [3.8, 4) is 0 Å². The number of nitrogens with two attached hydrogens (primary N) is 1. The zero-order valence-corrected chi connectivity index (χ0v) is 11.3. The summed E-state index contributed by atoms with van der Waals surface area (Å²) in [7, 11) is 1.67. The third-order valence-electron chi connectivity index (χ3n) is 4.39. The fourth-order valence-electron chi connectivity index (χ4n) is 3.08. The first-order valence-electron chi connectivity index (χ1n) is 7.09. The molecule has 0 bridgehead atoms. The van der Waals surface area contributed by atoms with E-state index in [0.29, 0.717) is 6.61 Å². The van der Waals surface area contributed by atoms with E-state index in [1.165, 1.54) is 6.42 Å². The van der Waals surface area contributed by atoms with Crippen LogP contribution in [0, 0.1) is 5.92 Å². The van der Waals surface area contributed by atoms with Crippen LogP contribution in [0.4, 0.5) is 0 Å². The summed E-state index contributed by atoms with van der Waals surface area (Å²) in [5.41, 5.74) is 6.02. The van der Waals surface area contributed by atoms with Crippen LogP contribution >= 0.6 is 0 Å². The predicted octanol–water partition coefficient (Wildman–Crippen LogP) is 1.66. The molecule has 2 N–H and O–H groups in total. The highest BCUT2D eigenvalue weighted by molar-refractivity contribution is 5.86. The minimum Gasteiger partial charge on any atom is -0.385 e. The Morgan fingerprint density at radius 1 is 1.56 bits per heavy atom. The van der Waals surface area contributed by atoms with Gasteiger partial charge in [0.2, 0.25) is 0 Å². The summed E-state index contributed by atoms with van der Waals surface area (Å²) in [5.74, 6) is 0.359. The topological polar surface area (TPSA) is 61.5 Å². The first-order valence-corrected chi connectivity index (χ1v) is 7.09. The van der Waals surface area contributed by atoms with E-state index in [1.807, 2.05) is 0 Å². The molecule has 2 fully saturated rings. The van der Waals surface area contributed by atoms with Crippen molar-refractivity contribution in [2.45, 2.75) is 56.6 Å². The third kappa shape index (κ3) is 3.11. The second kappa shape index (κ2) is 6.13. The Balaban J connectivity index is 1.80. The molecule has 1 saturated heterocycles. The summed E-state index contributed by atoms with van der Waals surface area (Å²) in [4.78, 5) is 12.3. The minimum absolute atomic E-state index is 0.0326. The maximum Gasteiger partial charge on any atom is 0.152 e. The van der Waals surface area contributed by atoms with E-state index in [9.17, 15) is 4.79 Å². The number of hydrogen-bond donors (Lipinski definition) is 1. The van der Waals surface area contributed by atoms with Crippen LogP contribution in [-0.4, -0.2) is 37.7 Å². The molecule has 0 amide bonds. The van der Waals surface area contributed by atoms with Gasteiger partial charge in [0.05, 0.1) is 11.6 Å². The van der Waals surface area contributed by atoms with Crippen LogP contribution in [0.3, 0.4) is 0 Å². The molecule has 0 radical (unpaired) electrons. The largest absolute Gasteiger partial charge is 0.385 e. The predicted molar refractivity (Wildman–Crippen MR) is 69.4 cm³/mol. The Kier molecular flexibility index (Phi) is 4.76. The normalized spacial score (nSPS) is 27.8. The average Bonchev–Trinajstić information content (AvgIpc) is 2.36. The van der Waals surface area contributed by atoms with Crippen LogP contribution < -0.4 is 5.73 Å². The van der Waals surface area contributed by atoms with Crippen molar-refractivity contribution in [1.29, 1.82) is 0 Å². The Bertz CT molecular complexity index is 289. The van der Waals surface area contributed by atoms with Crippen LogP contribution in [0.2, 0.25) is 0 Å². The number of ether oxygens (including phenoxy) is 2. The second-order valence-electron chi connectivity index (χ2n) is 5.72. The van der Waals surface area contributed by atoms with Crippen LogP contribution in [0.15, 0.2) is 0 Å². The van der Waals surface area contributed by atoms with E-state index < -0.39 is 0 Å². The fraction of sp³-hybridized carbons (Fsp3) is 0.929. The van der Waals surface area contributed by atoms with Crippen LogP contribution in [0.25, 0.3) is 0 Å². The lowest BCUT2D eigenvalue weighted by molar-refractivity contribution is -0.156. The molecule has 2 rings (SSSR count). The van der Waals surface area contributed by atoms with Crippen LogP contribution in [0.5, 0.6) is 0 Å². The minimum atomic E-state index is -0.319. The fourth-order valence-corrected chi connectivity index (χ4v) is 3.08. The molecule has 0 aromatic carbocycles. The van der Waals surface area contributed by atoms with Gasteiger partial charge in [-0.05, 0) is 44.9 Å². The smallest absolute Gasteiger partial charge is 0.152 e. The van der Waals surface area contributed by atoms with Gasteiger partial charge in [0, 0.05) is 26.2 Å². The lowest BCUT2D eigenvalue weighted by atomic mass is 9.70. The number of hydrogen-bond acceptors (Lipinski definition) is 4. The molecule has 18 heavy (non-hydrogen) atoms. The van der Waals surface area contributed by atoms with Gasteiger partial charge in [-0.2, -0.15) is 0 Å². The molecule has 0 aromatic heterocycles. The summed E-state index contributed by atoms with van der Waals surface area (Å²) < 4.78 is 10.8. The maximum atomic E-state index is 12.3. The van der Waals surface area contributed by atoms with Crippen molar-refractivity contribution in [3.63, 3.8) is 0 Å². The lowest BCUT2D eigenvalue weighted by Gasteiger charge is -2.47. The SMILES string of the molecule is COCCCC(N)C(=O)C1CCOC2(CCC2)C1. The van der Waals surface area contributed by atoms with E-state index in [-0.39, 0.29) is 23.3 Å². The Hall–Kier alpha value is -0.450. The molecule has 1 saturated carbocycles. The zero-order valence-electron chi connectivity index (χ0n) is 11.3. The summed E-state index contributed by atoms with van der Waals surface area (Å²) in [5, 5.41) is 0. The average molecular weight is 255 g/mol. The maximum absolute atomic E-state index is 12.3. The number of carbonyl (C=O) groups is 1. The van der Waals surface area contributed by atoms with E-state index in [2.05, 4.69) is 0 Å². The molecular formula is C14H25NO3. The number of Topliss-reactive ketones (excluding diaryl/α,β-unsaturated/α-hetero) is 1. The molecule has 1 heterocycles. The quantitative estimate of drug-likeness (QED) is 0.733. The van der Waals surface area contributed by atoms with Gasteiger partial charge in [-0.3, -0.25) is 4.79 Å². The molecular weight excluding hydrogens is 230 g/mol. The van der Waals surface area contributed by atoms with Crippen molar-refractivity contribution in [1.82, 2.24) is 0 Å². The number of methoxy groups -OCH3 is 1. The first kappa shape index (κ1) is 14.0. The highest BCUT2D eigenvalue weighted by Gasteiger charge is 2.44. The van der Waals surface area contributed by atoms with Crippen LogP contribution in [-0.2, 0) is 14.3 Å². The molecule has 2 unspecified atom stereocenters. The molecule has 104 valence electrons. The Labute approximate surface area is 109 Å². The Morgan fingerprint density at radius 2 is 2.33 bits per heavy atom. The second-order valence-corrected chi connectivity index (χ2v) is 5.72. The molecule has 4 nitrogen and oxygen atoms in total. The number of rotatable bonds is 6. The van der Waals surface area contributed by atoms with Crippen molar-refractivity contribution in [2.75, 3.05) is 20.3 Å².